The van der Waals surface area contributed by atoms with Gasteiger partial charge in [-0.1, -0.05) is 12.1 Å². The van der Waals surface area contributed by atoms with Crippen molar-refractivity contribution in [3.63, 3.8) is 0 Å². The maximum absolute atomic E-state index is 12.1. The van der Waals surface area contributed by atoms with Gasteiger partial charge in [-0.3, -0.25) is 0 Å². The first-order valence-corrected chi connectivity index (χ1v) is 6.96. The third-order valence-electron chi connectivity index (χ3n) is 3.41. The average molecular weight is 299 g/mol. The van der Waals surface area contributed by atoms with Gasteiger partial charge in [0.05, 0.1) is 5.56 Å². The highest BCUT2D eigenvalue weighted by atomic mass is 16.7. The van der Waals surface area contributed by atoms with E-state index in [-0.39, 0.29) is 19.4 Å². The molecule has 0 fully saturated rings. The molecule has 2 aromatic rings. The quantitative estimate of drug-likeness (QED) is 0.812. The standard InChI is InChI=1S/C17H17NO4/c1-18(2)14-5-3-4-13(9-14)17(19)20-10-12-6-7-15-16(8-12)22-11-21-15/h3-9H,10-11H2,1-2H3. The van der Waals surface area contributed by atoms with Crippen LogP contribution < -0.4 is 14.4 Å². The Kier molecular flexibility index (Phi) is 3.87. The molecule has 22 heavy (non-hydrogen) atoms. The Morgan fingerprint density at radius 2 is 1.95 bits per heavy atom. The van der Waals surface area contributed by atoms with Crippen molar-refractivity contribution in [2.24, 2.45) is 0 Å². The van der Waals surface area contributed by atoms with Gasteiger partial charge in [-0.25, -0.2) is 4.79 Å². The van der Waals surface area contributed by atoms with Crippen molar-refractivity contribution >= 4 is 11.7 Å². The topological polar surface area (TPSA) is 48.0 Å². The molecule has 3 rings (SSSR count). The van der Waals surface area contributed by atoms with Crippen LogP contribution in [0.25, 0.3) is 0 Å². The van der Waals surface area contributed by atoms with Crippen LogP contribution in [0.4, 0.5) is 5.69 Å². The summed E-state index contributed by atoms with van der Waals surface area (Å²) in [6, 6.07) is 12.8. The molecular weight excluding hydrogens is 282 g/mol. The highest BCUT2D eigenvalue weighted by molar-refractivity contribution is 5.90. The molecule has 0 saturated heterocycles. The van der Waals surface area contributed by atoms with Gasteiger partial charge >= 0.3 is 5.97 Å². The number of hydrogen-bond donors (Lipinski definition) is 0. The van der Waals surface area contributed by atoms with Crippen molar-refractivity contribution in [3.8, 4) is 11.5 Å². The van der Waals surface area contributed by atoms with Gasteiger partial charge in [0.1, 0.15) is 6.61 Å². The van der Waals surface area contributed by atoms with E-state index in [0.717, 1.165) is 11.3 Å². The second kappa shape index (κ2) is 5.97. The van der Waals surface area contributed by atoms with Crippen LogP contribution in [-0.4, -0.2) is 26.9 Å². The summed E-state index contributed by atoms with van der Waals surface area (Å²) in [4.78, 5) is 14.1. The lowest BCUT2D eigenvalue weighted by Gasteiger charge is -2.13. The number of anilines is 1. The molecule has 0 N–H and O–H groups in total. The van der Waals surface area contributed by atoms with Gasteiger partial charge in [0.2, 0.25) is 6.79 Å². The third-order valence-corrected chi connectivity index (χ3v) is 3.41. The lowest BCUT2D eigenvalue weighted by atomic mass is 10.2. The largest absolute Gasteiger partial charge is 0.457 e. The van der Waals surface area contributed by atoms with Crippen molar-refractivity contribution < 1.29 is 19.0 Å². The predicted octanol–water partition coefficient (Wildman–Crippen LogP) is 2.84. The van der Waals surface area contributed by atoms with Crippen LogP contribution >= 0.6 is 0 Å². The van der Waals surface area contributed by atoms with E-state index in [0.29, 0.717) is 17.1 Å². The van der Waals surface area contributed by atoms with Crippen LogP contribution in [0.1, 0.15) is 15.9 Å². The zero-order valence-electron chi connectivity index (χ0n) is 12.5. The Bertz CT molecular complexity index is 697. The van der Waals surface area contributed by atoms with Crippen molar-refractivity contribution in [2.75, 3.05) is 25.8 Å². The van der Waals surface area contributed by atoms with Gasteiger partial charge in [-0.05, 0) is 35.9 Å². The van der Waals surface area contributed by atoms with Gasteiger partial charge in [0.15, 0.2) is 11.5 Å². The molecule has 0 radical (unpaired) electrons. The minimum atomic E-state index is -0.346. The molecule has 0 atom stereocenters. The fourth-order valence-corrected chi connectivity index (χ4v) is 2.17. The van der Waals surface area contributed by atoms with Crippen LogP contribution in [0, 0.1) is 0 Å². The molecule has 1 aliphatic rings. The lowest BCUT2D eigenvalue weighted by molar-refractivity contribution is 0.0472. The number of esters is 1. The van der Waals surface area contributed by atoms with E-state index in [9.17, 15) is 4.79 Å². The zero-order valence-corrected chi connectivity index (χ0v) is 12.5. The Morgan fingerprint density at radius 3 is 2.77 bits per heavy atom. The predicted molar refractivity (Wildman–Crippen MR) is 82.5 cm³/mol. The number of carbonyl (C=O) groups excluding carboxylic acids is 1. The number of benzene rings is 2. The second-order valence-corrected chi connectivity index (χ2v) is 5.21. The smallest absolute Gasteiger partial charge is 0.338 e. The van der Waals surface area contributed by atoms with Gasteiger partial charge < -0.3 is 19.1 Å². The average Bonchev–Trinajstić information content (AvgIpc) is 3.00. The van der Waals surface area contributed by atoms with Gasteiger partial charge in [-0.2, -0.15) is 0 Å². The molecule has 1 aliphatic heterocycles. The van der Waals surface area contributed by atoms with Gasteiger partial charge in [0, 0.05) is 19.8 Å². The van der Waals surface area contributed by atoms with E-state index < -0.39 is 0 Å². The van der Waals surface area contributed by atoms with Crippen LogP contribution in [0.2, 0.25) is 0 Å². The van der Waals surface area contributed by atoms with E-state index >= 15 is 0 Å². The minimum absolute atomic E-state index is 0.196. The summed E-state index contributed by atoms with van der Waals surface area (Å²) in [5, 5.41) is 0. The minimum Gasteiger partial charge on any atom is -0.457 e. The van der Waals surface area contributed by atoms with E-state index in [4.69, 9.17) is 14.2 Å². The maximum atomic E-state index is 12.1. The number of carbonyl (C=O) groups is 1. The first-order valence-electron chi connectivity index (χ1n) is 6.96. The van der Waals surface area contributed by atoms with Gasteiger partial charge in [0.25, 0.3) is 0 Å². The first kappa shape index (κ1) is 14.3. The van der Waals surface area contributed by atoms with Crippen molar-refractivity contribution in [1.29, 1.82) is 0 Å². The lowest BCUT2D eigenvalue weighted by Crippen LogP contribution is -2.11. The third kappa shape index (κ3) is 2.98. The molecule has 0 saturated carbocycles. The molecule has 0 unspecified atom stereocenters. The molecule has 0 aromatic heterocycles. The molecule has 0 aliphatic carbocycles. The van der Waals surface area contributed by atoms with Gasteiger partial charge in [-0.15, -0.1) is 0 Å². The summed E-state index contributed by atoms with van der Waals surface area (Å²) >= 11 is 0. The van der Waals surface area contributed by atoms with Crippen LogP contribution in [0.3, 0.4) is 0 Å². The Labute approximate surface area is 129 Å². The monoisotopic (exact) mass is 299 g/mol. The highest BCUT2D eigenvalue weighted by Crippen LogP contribution is 2.32. The van der Waals surface area contributed by atoms with E-state index in [1.165, 1.54) is 0 Å². The fraction of sp³-hybridized carbons (Fsp3) is 0.235. The second-order valence-electron chi connectivity index (χ2n) is 5.21. The molecule has 0 amide bonds. The molecule has 0 bridgehead atoms. The van der Waals surface area contributed by atoms with Crippen LogP contribution in [0.5, 0.6) is 11.5 Å². The van der Waals surface area contributed by atoms with E-state index in [1.807, 2.05) is 55.4 Å². The van der Waals surface area contributed by atoms with E-state index in [1.54, 1.807) is 6.07 Å². The SMILES string of the molecule is CN(C)c1cccc(C(=O)OCc2ccc3c(c2)OCO3)c1. The molecule has 1 heterocycles. The Hall–Kier alpha value is -2.69. The molecule has 0 spiro atoms. The molecule has 5 heteroatoms. The van der Waals surface area contributed by atoms with Crippen molar-refractivity contribution in [3.05, 3.63) is 53.6 Å². The number of nitrogens with zero attached hydrogens (tertiary/aromatic N) is 1. The molecular formula is C17H17NO4. The summed E-state index contributed by atoms with van der Waals surface area (Å²) in [6.45, 7) is 0.428. The van der Waals surface area contributed by atoms with E-state index in [2.05, 4.69) is 0 Å². The van der Waals surface area contributed by atoms with Crippen molar-refractivity contribution in [2.45, 2.75) is 6.61 Å². The first-order chi connectivity index (χ1) is 10.6. The zero-order chi connectivity index (χ0) is 15.5. The summed E-state index contributed by atoms with van der Waals surface area (Å²) in [6.07, 6.45) is 0. The number of ether oxygens (including phenoxy) is 3. The van der Waals surface area contributed by atoms with Crippen molar-refractivity contribution in [1.82, 2.24) is 0 Å². The highest BCUT2D eigenvalue weighted by Gasteiger charge is 2.14. The molecule has 114 valence electrons. The fourth-order valence-electron chi connectivity index (χ4n) is 2.17. The summed E-state index contributed by atoms with van der Waals surface area (Å²) in [5.41, 5.74) is 2.35. The Balaban J connectivity index is 1.66. The maximum Gasteiger partial charge on any atom is 0.338 e. The number of hydrogen-bond acceptors (Lipinski definition) is 5. The molecule has 2 aromatic carbocycles. The normalized spacial score (nSPS) is 12.1. The number of fused-ring (bicyclic) bond motifs is 1. The van der Waals surface area contributed by atoms with Crippen LogP contribution in [0.15, 0.2) is 42.5 Å². The summed E-state index contributed by atoms with van der Waals surface area (Å²) < 4.78 is 15.9. The molecule has 5 nitrogen and oxygen atoms in total. The number of rotatable bonds is 4. The van der Waals surface area contributed by atoms with Crippen LogP contribution in [-0.2, 0) is 11.3 Å². The summed E-state index contributed by atoms with van der Waals surface area (Å²) in [5.74, 6) is 1.05. The Morgan fingerprint density at radius 1 is 1.14 bits per heavy atom. The summed E-state index contributed by atoms with van der Waals surface area (Å²) in [7, 11) is 3.86.